The van der Waals surface area contributed by atoms with Gasteiger partial charge in [0, 0.05) is 35.7 Å². The molecule has 0 unspecified atom stereocenters. The topological polar surface area (TPSA) is 114 Å². The highest BCUT2D eigenvalue weighted by molar-refractivity contribution is 5.95. The maximum Gasteiger partial charge on any atom is 0.180 e. The van der Waals surface area contributed by atoms with Crippen molar-refractivity contribution in [3.05, 3.63) is 67.3 Å². The molecule has 6 aromatic heterocycles. The van der Waals surface area contributed by atoms with E-state index in [1.54, 1.807) is 31.1 Å². The van der Waals surface area contributed by atoms with Crippen molar-refractivity contribution in [2.75, 3.05) is 0 Å². The van der Waals surface area contributed by atoms with Gasteiger partial charge >= 0.3 is 0 Å². The molecule has 9 nitrogen and oxygen atoms in total. The molecule has 30 heavy (non-hydrogen) atoms. The maximum atomic E-state index is 4.69. The Hall–Kier alpha value is -4.40. The number of rotatable bonds is 3. The van der Waals surface area contributed by atoms with Crippen LogP contribution in [0.15, 0.2) is 61.6 Å². The molecule has 2 N–H and O–H groups in total. The minimum absolute atomic E-state index is 0.619. The average molecular weight is 393 g/mol. The van der Waals surface area contributed by atoms with Crippen LogP contribution in [0.1, 0.15) is 5.69 Å². The van der Waals surface area contributed by atoms with E-state index < -0.39 is 0 Å². The Labute approximate surface area is 169 Å². The third kappa shape index (κ3) is 2.56. The smallest absolute Gasteiger partial charge is 0.180 e. The van der Waals surface area contributed by atoms with Crippen LogP contribution in [0.4, 0.5) is 0 Å². The zero-order valence-corrected chi connectivity index (χ0v) is 15.9. The van der Waals surface area contributed by atoms with Crippen molar-refractivity contribution in [1.82, 2.24) is 44.7 Å². The van der Waals surface area contributed by atoms with E-state index in [1.807, 2.05) is 42.0 Å². The first kappa shape index (κ1) is 16.5. The molecule has 0 radical (unpaired) electrons. The van der Waals surface area contributed by atoms with Gasteiger partial charge in [0.05, 0.1) is 35.1 Å². The summed E-state index contributed by atoms with van der Waals surface area (Å²) in [6.07, 6.45) is 10.8. The van der Waals surface area contributed by atoms with Crippen molar-refractivity contribution in [3.63, 3.8) is 0 Å². The Morgan fingerprint density at radius 2 is 1.90 bits per heavy atom. The van der Waals surface area contributed by atoms with Gasteiger partial charge in [0.2, 0.25) is 0 Å². The maximum absolute atomic E-state index is 4.69. The van der Waals surface area contributed by atoms with Crippen molar-refractivity contribution in [1.29, 1.82) is 0 Å². The van der Waals surface area contributed by atoms with E-state index in [2.05, 4.69) is 40.1 Å². The average Bonchev–Trinajstić information content (AvgIpc) is 3.51. The predicted molar refractivity (Wildman–Crippen MR) is 112 cm³/mol. The zero-order valence-electron chi connectivity index (χ0n) is 15.9. The minimum atomic E-state index is 0.619. The standard InChI is InChI=1S/C21H15N9/c1-12-10-30(11-25-12)17-4-7-23-20-19(17)26-21(27-20)18-14-8-15(13-2-5-22-6-3-13)24-9-16(14)28-29-18/h2-11H,1H3,(H,28,29)(H,23,26,27). The Kier molecular flexibility index (Phi) is 3.48. The SMILES string of the molecule is Cc1cn(-c2ccnc3nc(-c4n[nH]c5cnc(-c6ccncc6)cc45)[nH]c23)cn1. The van der Waals surface area contributed by atoms with Gasteiger partial charge in [0.15, 0.2) is 11.5 Å². The van der Waals surface area contributed by atoms with E-state index in [0.717, 1.165) is 39.1 Å². The number of aryl methyl sites for hydroxylation is 1. The highest BCUT2D eigenvalue weighted by atomic mass is 15.2. The Balaban J connectivity index is 1.52. The van der Waals surface area contributed by atoms with Crippen LogP contribution in [0.3, 0.4) is 0 Å². The summed E-state index contributed by atoms with van der Waals surface area (Å²) in [5.74, 6) is 0.639. The second-order valence-electron chi connectivity index (χ2n) is 6.96. The van der Waals surface area contributed by atoms with Gasteiger partial charge in [-0.2, -0.15) is 5.10 Å². The largest absolute Gasteiger partial charge is 0.333 e. The number of aromatic nitrogens is 9. The molecule has 0 aliphatic carbocycles. The molecule has 6 aromatic rings. The van der Waals surface area contributed by atoms with Gasteiger partial charge in [-0.15, -0.1) is 0 Å². The van der Waals surface area contributed by atoms with Gasteiger partial charge in [-0.05, 0) is 31.2 Å². The van der Waals surface area contributed by atoms with Crippen LogP contribution >= 0.6 is 0 Å². The Morgan fingerprint density at radius 3 is 2.73 bits per heavy atom. The lowest BCUT2D eigenvalue weighted by atomic mass is 10.1. The molecule has 0 aromatic carbocycles. The van der Waals surface area contributed by atoms with E-state index in [9.17, 15) is 0 Å². The molecule has 0 atom stereocenters. The summed E-state index contributed by atoms with van der Waals surface area (Å²) in [5, 5.41) is 8.45. The minimum Gasteiger partial charge on any atom is -0.333 e. The number of hydrogen-bond donors (Lipinski definition) is 2. The molecular weight excluding hydrogens is 378 g/mol. The van der Waals surface area contributed by atoms with E-state index in [1.165, 1.54) is 0 Å². The first-order valence-corrected chi connectivity index (χ1v) is 9.37. The monoisotopic (exact) mass is 393 g/mol. The lowest BCUT2D eigenvalue weighted by Crippen LogP contribution is -1.92. The van der Waals surface area contributed by atoms with Gasteiger partial charge in [-0.25, -0.2) is 15.0 Å². The number of fused-ring (bicyclic) bond motifs is 2. The normalized spacial score (nSPS) is 11.5. The molecular formula is C21H15N9. The summed E-state index contributed by atoms with van der Waals surface area (Å²) in [7, 11) is 0. The summed E-state index contributed by atoms with van der Waals surface area (Å²) < 4.78 is 1.95. The molecule has 144 valence electrons. The second-order valence-corrected chi connectivity index (χ2v) is 6.96. The van der Waals surface area contributed by atoms with Crippen molar-refractivity contribution in [2.24, 2.45) is 0 Å². The summed E-state index contributed by atoms with van der Waals surface area (Å²) in [4.78, 5) is 25.4. The fourth-order valence-electron chi connectivity index (χ4n) is 3.56. The third-order valence-electron chi connectivity index (χ3n) is 5.01. The van der Waals surface area contributed by atoms with Crippen LogP contribution in [0.5, 0.6) is 0 Å². The molecule has 6 rings (SSSR count). The molecule has 0 spiro atoms. The van der Waals surface area contributed by atoms with Gasteiger partial charge < -0.3 is 9.55 Å². The predicted octanol–water partition coefficient (Wildman–Crippen LogP) is 3.45. The Bertz CT molecular complexity index is 1510. The van der Waals surface area contributed by atoms with Crippen molar-refractivity contribution in [3.8, 4) is 28.5 Å². The highest BCUT2D eigenvalue weighted by Crippen LogP contribution is 2.29. The van der Waals surface area contributed by atoms with Crippen molar-refractivity contribution in [2.45, 2.75) is 6.92 Å². The molecule has 0 saturated heterocycles. The molecule has 0 aliphatic rings. The fourth-order valence-corrected chi connectivity index (χ4v) is 3.56. The number of nitrogens with one attached hydrogen (secondary N) is 2. The summed E-state index contributed by atoms with van der Waals surface area (Å²) in [5.41, 5.74) is 6.69. The molecule has 0 amide bonds. The van der Waals surface area contributed by atoms with Crippen LogP contribution in [0, 0.1) is 6.92 Å². The van der Waals surface area contributed by atoms with Gasteiger partial charge in [0.1, 0.15) is 11.2 Å². The number of imidazole rings is 2. The molecule has 0 bridgehead atoms. The Morgan fingerprint density at radius 1 is 1.00 bits per heavy atom. The number of aromatic amines is 2. The van der Waals surface area contributed by atoms with Crippen LogP contribution in [-0.4, -0.2) is 44.7 Å². The zero-order chi connectivity index (χ0) is 20.1. The number of hydrogen-bond acceptors (Lipinski definition) is 6. The van der Waals surface area contributed by atoms with Crippen LogP contribution < -0.4 is 0 Å². The summed E-state index contributed by atoms with van der Waals surface area (Å²) in [6, 6.07) is 7.79. The number of pyridine rings is 3. The first-order chi connectivity index (χ1) is 14.8. The molecule has 6 heterocycles. The van der Waals surface area contributed by atoms with Crippen LogP contribution in [0.25, 0.3) is 50.5 Å². The molecule has 9 heteroatoms. The van der Waals surface area contributed by atoms with E-state index in [0.29, 0.717) is 17.2 Å². The number of H-pyrrole nitrogens is 2. The van der Waals surface area contributed by atoms with Gasteiger partial charge in [0.25, 0.3) is 0 Å². The quantitative estimate of drug-likeness (QED) is 0.476. The molecule has 0 fully saturated rings. The third-order valence-corrected chi connectivity index (χ3v) is 5.01. The van der Waals surface area contributed by atoms with Crippen LogP contribution in [-0.2, 0) is 0 Å². The van der Waals surface area contributed by atoms with E-state index in [4.69, 9.17) is 0 Å². The second kappa shape index (κ2) is 6.31. The fraction of sp³-hybridized carbons (Fsp3) is 0.0476. The number of nitrogens with zero attached hydrogens (tertiary/aromatic N) is 7. The molecule has 0 aliphatic heterocycles. The lowest BCUT2D eigenvalue weighted by molar-refractivity contribution is 1.06. The van der Waals surface area contributed by atoms with Gasteiger partial charge in [-0.1, -0.05) is 0 Å². The van der Waals surface area contributed by atoms with Crippen LogP contribution in [0.2, 0.25) is 0 Å². The summed E-state index contributed by atoms with van der Waals surface area (Å²) in [6.45, 7) is 1.96. The molecule has 0 saturated carbocycles. The lowest BCUT2D eigenvalue weighted by Gasteiger charge is -2.02. The highest BCUT2D eigenvalue weighted by Gasteiger charge is 2.16. The summed E-state index contributed by atoms with van der Waals surface area (Å²) >= 11 is 0. The van der Waals surface area contributed by atoms with Crippen molar-refractivity contribution >= 4 is 22.1 Å². The first-order valence-electron chi connectivity index (χ1n) is 9.37. The van der Waals surface area contributed by atoms with Gasteiger partial charge in [-0.3, -0.25) is 15.1 Å². The van der Waals surface area contributed by atoms with Crippen molar-refractivity contribution < 1.29 is 0 Å². The van der Waals surface area contributed by atoms with E-state index in [-0.39, 0.29) is 0 Å². The van der Waals surface area contributed by atoms with E-state index >= 15 is 0 Å².